The lowest BCUT2D eigenvalue weighted by Gasteiger charge is -2.00. The molecule has 1 aromatic carbocycles. The number of hydrogen-bond donors (Lipinski definition) is 1. The average Bonchev–Trinajstić information content (AvgIpc) is 3.02. The number of aromatic nitrogens is 1. The second-order valence-corrected chi connectivity index (χ2v) is 6.23. The van der Waals surface area contributed by atoms with Crippen molar-refractivity contribution in [3.63, 3.8) is 0 Å². The maximum Gasteiger partial charge on any atom is 0.347 e. The Morgan fingerprint density at radius 1 is 1.40 bits per heavy atom. The average molecular weight is 287 g/mol. The minimum absolute atomic E-state index is 0.351. The molecule has 0 bridgehead atoms. The summed E-state index contributed by atoms with van der Waals surface area (Å²) in [6.45, 7) is 0.727. The normalized spacial score (nSPS) is 16.8. The van der Waals surface area contributed by atoms with Gasteiger partial charge in [0.25, 0.3) is 0 Å². The number of carbonyl (C=O) groups is 1. The Bertz CT molecular complexity index is 703. The number of hydrogen-bond acceptors (Lipinski definition) is 4. The first-order valence-electron chi connectivity index (χ1n) is 6.72. The van der Waals surface area contributed by atoms with E-state index in [0.717, 1.165) is 47.9 Å². The monoisotopic (exact) mass is 287 g/mol. The molecule has 1 aliphatic carbocycles. The van der Waals surface area contributed by atoms with Gasteiger partial charge in [0.05, 0.1) is 12.3 Å². The van der Waals surface area contributed by atoms with Crippen molar-refractivity contribution in [2.24, 2.45) is 0 Å². The van der Waals surface area contributed by atoms with Crippen molar-refractivity contribution in [2.75, 3.05) is 6.61 Å². The highest BCUT2D eigenvalue weighted by Crippen LogP contribution is 2.44. The highest BCUT2D eigenvalue weighted by atomic mass is 32.1. The zero-order chi connectivity index (χ0) is 13.7. The molecule has 0 amide bonds. The third kappa shape index (κ3) is 1.89. The van der Waals surface area contributed by atoms with Crippen LogP contribution in [0.1, 0.15) is 39.7 Å². The molecule has 102 valence electrons. The molecule has 1 saturated carbocycles. The number of aromatic carboxylic acids is 1. The van der Waals surface area contributed by atoms with Gasteiger partial charge >= 0.3 is 5.97 Å². The second-order valence-electron chi connectivity index (χ2n) is 5.23. The van der Waals surface area contributed by atoms with Crippen LogP contribution in [0.4, 0.5) is 0 Å². The van der Waals surface area contributed by atoms with Gasteiger partial charge in [-0.3, -0.25) is 0 Å². The smallest absolute Gasteiger partial charge is 0.347 e. The van der Waals surface area contributed by atoms with Crippen molar-refractivity contribution in [1.29, 1.82) is 0 Å². The molecule has 0 saturated heterocycles. The van der Waals surface area contributed by atoms with Crippen molar-refractivity contribution in [3.05, 3.63) is 34.3 Å². The summed E-state index contributed by atoms with van der Waals surface area (Å²) in [6.07, 6.45) is 3.03. The number of carboxylic acids is 1. The first kappa shape index (κ1) is 11.9. The highest BCUT2D eigenvalue weighted by molar-refractivity contribution is 7.17. The Morgan fingerprint density at radius 2 is 2.25 bits per heavy atom. The van der Waals surface area contributed by atoms with Crippen LogP contribution in [0.3, 0.4) is 0 Å². The van der Waals surface area contributed by atoms with E-state index in [9.17, 15) is 9.90 Å². The molecule has 0 atom stereocenters. The van der Waals surface area contributed by atoms with Crippen molar-refractivity contribution >= 4 is 17.3 Å². The van der Waals surface area contributed by atoms with Gasteiger partial charge in [-0.15, -0.1) is 11.3 Å². The van der Waals surface area contributed by atoms with Crippen molar-refractivity contribution in [1.82, 2.24) is 4.98 Å². The summed E-state index contributed by atoms with van der Waals surface area (Å²) >= 11 is 1.28. The number of carboxylic acid groups (broad SMARTS) is 1. The molecular formula is C15H13NO3S. The van der Waals surface area contributed by atoms with Gasteiger partial charge in [0, 0.05) is 17.9 Å². The van der Waals surface area contributed by atoms with Gasteiger partial charge in [0.15, 0.2) is 0 Å². The molecule has 4 nitrogen and oxygen atoms in total. The zero-order valence-corrected chi connectivity index (χ0v) is 11.6. The number of thiazole rings is 1. The van der Waals surface area contributed by atoms with Crippen molar-refractivity contribution in [3.8, 4) is 16.3 Å². The van der Waals surface area contributed by atoms with E-state index in [1.165, 1.54) is 16.9 Å². The standard InChI is InChI=1S/C15H13NO3S/c17-15(18)13-12(8-1-2-8)16-14(20-13)10-3-4-11-9(7-10)5-6-19-11/h3-4,7-8H,1-2,5-6H2,(H,17,18). The number of ether oxygens (including phenoxy) is 1. The van der Waals surface area contributed by atoms with Gasteiger partial charge in [0.2, 0.25) is 0 Å². The topological polar surface area (TPSA) is 59.4 Å². The fraction of sp³-hybridized carbons (Fsp3) is 0.333. The van der Waals surface area contributed by atoms with Gasteiger partial charge in [-0.2, -0.15) is 0 Å². The Kier molecular flexibility index (Phi) is 2.57. The summed E-state index contributed by atoms with van der Waals surface area (Å²) in [5, 5.41) is 10.1. The lowest BCUT2D eigenvalue weighted by atomic mass is 10.1. The SMILES string of the molecule is O=C(O)c1sc(-c2ccc3c(c2)CCO3)nc1C1CC1. The maximum absolute atomic E-state index is 11.3. The van der Waals surface area contributed by atoms with Crippen molar-refractivity contribution in [2.45, 2.75) is 25.2 Å². The van der Waals surface area contributed by atoms with E-state index in [4.69, 9.17) is 4.74 Å². The molecule has 5 heteroatoms. The van der Waals surface area contributed by atoms with E-state index in [-0.39, 0.29) is 0 Å². The van der Waals surface area contributed by atoms with E-state index in [0.29, 0.717) is 10.8 Å². The molecule has 0 unspecified atom stereocenters. The summed E-state index contributed by atoms with van der Waals surface area (Å²) in [4.78, 5) is 16.3. The molecule has 0 radical (unpaired) electrons. The summed E-state index contributed by atoms with van der Waals surface area (Å²) in [7, 11) is 0. The van der Waals surface area contributed by atoms with E-state index >= 15 is 0 Å². The Balaban J connectivity index is 1.78. The molecule has 0 spiro atoms. The van der Waals surface area contributed by atoms with Crippen molar-refractivity contribution < 1.29 is 14.6 Å². The molecule has 2 aromatic rings. The fourth-order valence-corrected chi connectivity index (χ4v) is 3.55. The van der Waals surface area contributed by atoms with Crippen LogP contribution in [0.15, 0.2) is 18.2 Å². The lowest BCUT2D eigenvalue weighted by molar-refractivity contribution is 0.0700. The molecule has 1 fully saturated rings. The van der Waals surface area contributed by atoms with Gasteiger partial charge < -0.3 is 9.84 Å². The summed E-state index contributed by atoms with van der Waals surface area (Å²) in [5.41, 5.74) is 2.95. The Labute approximate surface area is 120 Å². The molecule has 1 aliphatic heterocycles. The molecule has 20 heavy (non-hydrogen) atoms. The van der Waals surface area contributed by atoms with Crippen LogP contribution >= 0.6 is 11.3 Å². The number of benzene rings is 1. The fourth-order valence-electron chi connectivity index (χ4n) is 2.56. The quantitative estimate of drug-likeness (QED) is 0.940. The number of fused-ring (bicyclic) bond motifs is 1. The second kappa shape index (κ2) is 4.31. The number of nitrogens with zero attached hydrogens (tertiary/aromatic N) is 1. The molecule has 2 aliphatic rings. The summed E-state index contributed by atoms with van der Waals surface area (Å²) in [6, 6.07) is 5.99. The summed E-state index contributed by atoms with van der Waals surface area (Å²) in [5.74, 6) is 0.426. The van der Waals surface area contributed by atoms with Crippen LogP contribution in [0, 0.1) is 0 Å². The molecule has 2 heterocycles. The molecular weight excluding hydrogens is 274 g/mol. The Hall–Kier alpha value is -1.88. The van der Waals surface area contributed by atoms with Crippen LogP contribution < -0.4 is 4.74 Å². The summed E-state index contributed by atoms with van der Waals surface area (Å²) < 4.78 is 5.49. The van der Waals surface area contributed by atoms with Crippen LogP contribution in [-0.4, -0.2) is 22.7 Å². The van der Waals surface area contributed by atoms with Gasteiger partial charge in [0.1, 0.15) is 15.6 Å². The molecule has 1 aromatic heterocycles. The predicted octanol–water partition coefficient (Wildman–Crippen LogP) is 3.32. The minimum Gasteiger partial charge on any atom is -0.493 e. The van der Waals surface area contributed by atoms with E-state index in [2.05, 4.69) is 11.1 Å². The van der Waals surface area contributed by atoms with Crippen LogP contribution in [0.5, 0.6) is 5.75 Å². The maximum atomic E-state index is 11.3. The van der Waals surface area contributed by atoms with Gasteiger partial charge in [-0.05, 0) is 36.6 Å². The predicted molar refractivity (Wildman–Crippen MR) is 75.7 cm³/mol. The van der Waals surface area contributed by atoms with Gasteiger partial charge in [-0.1, -0.05) is 0 Å². The van der Waals surface area contributed by atoms with Crippen LogP contribution in [-0.2, 0) is 6.42 Å². The van der Waals surface area contributed by atoms with Gasteiger partial charge in [-0.25, -0.2) is 9.78 Å². The van der Waals surface area contributed by atoms with E-state index < -0.39 is 5.97 Å². The molecule has 4 rings (SSSR count). The van der Waals surface area contributed by atoms with Crippen LogP contribution in [0.2, 0.25) is 0 Å². The third-order valence-corrected chi connectivity index (χ3v) is 4.86. The van der Waals surface area contributed by atoms with E-state index in [1.54, 1.807) is 0 Å². The number of rotatable bonds is 3. The molecule has 1 N–H and O–H groups in total. The van der Waals surface area contributed by atoms with E-state index in [1.807, 2.05) is 12.1 Å². The third-order valence-electron chi connectivity index (χ3n) is 3.75. The zero-order valence-electron chi connectivity index (χ0n) is 10.8. The highest BCUT2D eigenvalue weighted by Gasteiger charge is 2.32. The first-order valence-corrected chi connectivity index (χ1v) is 7.54. The Morgan fingerprint density at radius 3 is 3.00 bits per heavy atom. The largest absolute Gasteiger partial charge is 0.493 e. The first-order chi connectivity index (χ1) is 9.72. The minimum atomic E-state index is -0.861. The lowest BCUT2D eigenvalue weighted by Crippen LogP contribution is -1.97. The van der Waals surface area contributed by atoms with Crippen LogP contribution in [0.25, 0.3) is 10.6 Å².